The van der Waals surface area contributed by atoms with Crippen LogP contribution in [-0.4, -0.2) is 30.7 Å². The van der Waals surface area contributed by atoms with E-state index in [-0.39, 0.29) is 86.2 Å². The molecule has 4 radical (unpaired) electrons. The van der Waals surface area contributed by atoms with E-state index in [1.54, 1.807) is 29.9 Å². The van der Waals surface area contributed by atoms with Gasteiger partial charge in [0.15, 0.2) is 5.78 Å². The Morgan fingerprint density at radius 3 is 0.935 bits per heavy atom. The maximum absolute atomic E-state index is 12.5. The Kier molecular flexibility index (Phi) is 29.9. The molecular formula is C96H66Ir4N6OS-4. The third-order valence-electron chi connectivity index (χ3n) is 17.2. The van der Waals surface area contributed by atoms with Gasteiger partial charge in [-0.3, -0.25) is 9.78 Å². The summed E-state index contributed by atoms with van der Waals surface area (Å²) in [5, 5.41) is 2.11. The minimum absolute atomic E-state index is 0. The van der Waals surface area contributed by atoms with Crippen LogP contribution in [0.1, 0.15) is 15.9 Å². The molecule has 11 aromatic carbocycles. The average molecular weight is 2120 g/mol. The number of benzene rings is 11. The van der Waals surface area contributed by atoms with E-state index in [1.165, 1.54) is 32.7 Å². The first kappa shape index (κ1) is 79.5. The van der Waals surface area contributed by atoms with E-state index >= 15 is 0 Å². The first-order valence-electron chi connectivity index (χ1n) is 34.1. The van der Waals surface area contributed by atoms with Gasteiger partial charge in [-0.05, 0) is 140 Å². The van der Waals surface area contributed by atoms with Gasteiger partial charge in [-0.25, -0.2) is 0 Å². The third-order valence-corrected chi connectivity index (χ3v) is 18.1. The van der Waals surface area contributed by atoms with Crippen molar-refractivity contribution in [2.45, 2.75) is 0 Å². The zero-order valence-electron chi connectivity index (χ0n) is 57.9. The molecule has 0 saturated heterocycles. The summed E-state index contributed by atoms with van der Waals surface area (Å²) in [4.78, 5) is 37.9. The van der Waals surface area contributed by atoms with Gasteiger partial charge in [0.1, 0.15) is 0 Å². The molecule has 0 bridgehead atoms. The van der Waals surface area contributed by atoms with Gasteiger partial charge in [-0.1, -0.05) is 212 Å². The zero-order chi connectivity index (χ0) is 70.3. The van der Waals surface area contributed by atoms with Crippen LogP contribution < -0.4 is 4.90 Å². The molecule has 0 spiro atoms. The molecule has 17 rings (SSSR count). The third kappa shape index (κ3) is 21.0. The molecule has 0 amide bonds. The smallest absolute Gasteiger partial charge is 0.193 e. The number of pyridine rings is 5. The van der Waals surface area contributed by atoms with E-state index in [9.17, 15) is 4.79 Å². The van der Waals surface area contributed by atoms with Gasteiger partial charge >= 0.3 is 0 Å². The Morgan fingerprint density at radius 1 is 0.269 bits per heavy atom. The predicted molar refractivity (Wildman–Crippen MR) is 427 cm³/mol. The van der Waals surface area contributed by atoms with Crippen molar-refractivity contribution in [3.63, 3.8) is 0 Å². The molecule has 0 aliphatic heterocycles. The second-order valence-electron chi connectivity index (χ2n) is 24.0. The van der Waals surface area contributed by atoms with Gasteiger partial charge < -0.3 is 24.8 Å². The van der Waals surface area contributed by atoms with Crippen molar-refractivity contribution in [1.29, 1.82) is 0 Å². The van der Waals surface area contributed by atoms with Crippen LogP contribution in [0.3, 0.4) is 0 Å². The Bertz CT molecular complexity index is 5480. The summed E-state index contributed by atoms with van der Waals surface area (Å²) in [6.45, 7) is 0. The largest absolute Gasteiger partial charge is 0.311 e. The summed E-state index contributed by atoms with van der Waals surface area (Å²) in [7, 11) is 0. The molecular weight excluding hydrogens is 2050 g/mol. The van der Waals surface area contributed by atoms with E-state index in [4.69, 9.17) is 0 Å². The quantitative estimate of drug-likeness (QED) is 0.0747. The van der Waals surface area contributed by atoms with Crippen LogP contribution >= 0.6 is 11.3 Å². The van der Waals surface area contributed by atoms with Crippen molar-refractivity contribution in [3.8, 4) is 111 Å². The van der Waals surface area contributed by atoms with E-state index in [0.29, 0.717) is 11.1 Å². The molecule has 7 nitrogen and oxygen atoms in total. The first-order valence-corrected chi connectivity index (χ1v) is 35.0. The number of aromatic nitrogens is 5. The molecule has 17 aromatic rings. The number of carbonyl (C=O) groups is 1. The first-order chi connectivity index (χ1) is 51.5. The normalized spacial score (nSPS) is 10.1. The second-order valence-corrected chi connectivity index (χ2v) is 25.0. The Balaban J connectivity index is 0.000000153. The predicted octanol–water partition coefficient (Wildman–Crippen LogP) is 24.3. The van der Waals surface area contributed by atoms with Crippen molar-refractivity contribution in [2.75, 3.05) is 4.90 Å². The minimum atomic E-state index is 0. The molecule has 0 atom stereocenters. The zero-order valence-corrected chi connectivity index (χ0v) is 68.3. The number of carbonyl (C=O) groups excluding carboxylic acids is 1. The van der Waals surface area contributed by atoms with Crippen LogP contribution in [0, 0.1) is 24.3 Å². The number of nitrogens with zero attached hydrogens (tertiary/aromatic N) is 6. The van der Waals surface area contributed by atoms with Gasteiger partial charge in [-0.15, -0.1) is 153 Å². The summed E-state index contributed by atoms with van der Waals surface area (Å²) in [6, 6.07) is 133. The fourth-order valence-electron chi connectivity index (χ4n) is 11.9. The van der Waals surface area contributed by atoms with Crippen LogP contribution in [0.25, 0.3) is 111 Å². The average Bonchev–Trinajstić information content (AvgIpc) is 0.896. The monoisotopic (exact) mass is 2120 g/mol. The molecule has 0 aliphatic carbocycles. The second kappa shape index (κ2) is 40.6. The standard InChI is InChI=1S/C29H21N2.C24H16NO.C22H15N2.C21H14NS.4Ir/c1-3-12-26(13-4-1)31(27-14-5-2-6-15-27)28-19-17-23(18-20-28)24-10-9-11-25(22-24)29-16-7-8-21-30-29;26-24(19-7-2-1-3-8-19)20-14-12-18(13-15-20)21-9-6-10-22(17-21)23-11-4-5-16-25-23;1-2-14-24-22(8-1)20-6-3-5-19(15-20)17-9-11-18(12-10-17)21-7-4-13-23-16-21;1-2-13-22-20(7-1)19-6-3-5-18(15-19)16-9-11-17(12-10-16)21-8-4-14-23-21;;;;/h1-10,12-22H;1-9,11-17H;1-5,7-16H;1-5,7-15H;;;;/q4*-1;;;;. The number of para-hydroxylation sites is 2. The summed E-state index contributed by atoms with van der Waals surface area (Å²) >= 11 is 1.76. The molecule has 108 heavy (non-hydrogen) atoms. The maximum atomic E-state index is 12.5. The van der Waals surface area contributed by atoms with Crippen molar-refractivity contribution in [3.05, 3.63) is 436 Å². The molecule has 0 aliphatic rings. The maximum Gasteiger partial charge on any atom is 0.193 e. The van der Waals surface area contributed by atoms with Crippen LogP contribution in [-0.2, 0) is 80.4 Å². The molecule has 6 aromatic heterocycles. The van der Waals surface area contributed by atoms with Crippen molar-refractivity contribution >= 4 is 34.2 Å². The van der Waals surface area contributed by atoms with Gasteiger partial charge in [0.25, 0.3) is 0 Å². The van der Waals surface area contributed by atoms with Crippen molar-refractivity contribution < 1.29 is 85.2 Å². The van der Waals surface area contributed by atoms with Crippen molar-refractivity contribution in [2.24, 2.45) is 0 Å². The molecule has 12 heteroatoms. The molecule has 6 heterocycles. The molecule has 0 saturated carbocycles. The van der Waals surface area contributed by atoms with E-state index in [2.05, 4.69) is 241 Å². The van der Waals surface area contributed by atoms with Gasteiger partial charge in [0.05, 0.1) is 0 Å². The van der Waals surface area contributed by atoms with Crippen molar-refractivity contribution in [1.82, 2.24) is 24.9 Å². The van der Waals surface area contributed by atoms with Crippen LogP contribution in [0.5, 0.6) is 0 Å². The van der Waals surface area contributed by atoms with Gasteiger partial charge in [0, 0.05) is 151 Å². The number of hydrogen-bond acceptors (Lipinski definition) is 8. The molecule has 0 fully saturated rings. The Hall–Kier alpha value is -11.1. The number of rotatable bonds is 15. The minimum Gasteiger partial charge on any atom is -0.311 e. The number of anilines is 3. The van der Waals surface area contributed by atoms with Crippen LogP contribution in [0.2, 0.25) is 0 Å². The topological polar surface area (TPSA) is 84.8 Å². The SMILES string of the molecule is O=C(c1ccccc1)c1ccc(-c2cc[c-]c(-c3ccccn3)c2)cc1.[Ir].[Ir].[Ir].[Ir].[c-]1ccc(-c2ccc(-c3cccnc3)cc2)cc1-c1ccccn1.[c-]1ccc(-c2ccc(-c3cccs3)cc2)cc1-c1ccccn1.[c-]1ccc(-c2ccc(N(c3ccccc3)c3ccccc3)cc2)cc1-c1ccccn1. The number of ketones is 1. The van der Waals surface area contributed by atoms with E-state index < -0.39 is 0 Å². The van der Waals surface area contributed by atoms with Crippen LogP contribution in [0.15, 0.2) is 400 Å². The number of hydrogen-bond donors (Lipinski definition) is 0. The fraction of sp³-hybridized carbons (Fsp3) is 0. The van der Waals surface area contributed by atoms with E-state index in [0.717, 1.165) is 95.5 Å². The molecule has 0 N–H and O–H groups in total. The summed E-state index contributed by atoms with van der Waals surface area (Å²) in [6.07, 6.45) is 10.9. The Morgan fingerprint density at radius 2 is 0.593 bits per heavy atom. The fourth-order valence-corrected chi connectivity index (χ4v) is 12.6. The summed E-state index contributed by atoms with van der Waals surface area (Å²) in [5.74, 6) is 0.0349. The molecule has 0 unspecified atom stereocenters. The summed E-state index contributed by atoms with van der Waals surface area (Å²) < 4.78 is 0. The van der Waals surface area contributed by atoms with Gasteiger partial charge in [0.2, 0.25) is 0 Å². The van der Waals surface area contributed by atoms with E-state index in [1.807, 2.05) is 195 Å². The summed E-state index contributed by atoms with van der Waals surface area (Å²) in [5.41, 5.74) is 25.2. The van der Waals surface area contributed by atoms with Crippen LogP contribution in [0.4, 0.5) is 17.1 Å². The van der Waals surface area contributed by atoms with Gasteiger partial charge in [-0.2, -0.15) is 0 Å². The molecule has 532 valence electrons. The Labute approximate surface area is 689 Å². The number of thiophene rings is 1.